The number of carbonyl (C=O) groups excluding carboxylic acids is 1. The second kappa shape index (κ2) is 4.79. The first kappa shape index (κ1) is 11.5. The van der Waals surface area contributed by atoms with E-state index >= 15 is 0 Å². The van der Waals surface area contributed by atoms with Crippen molar-refractivity contribution in [2.24, 2.45) is 11.5 Å². The molecule has 1 aromatic heterocycles. The third-order valence-corrected chi connectivity index (χ3v) is 2.10. The molecule has 0 spiro atoms. The lowest BCUT2D eigenvalue weighted by molar-refractivity contribution is 0.252. The van der Waals surface area contributed by atoms with Crippen molar-refractivity contribution in [3.63, 3.8) is 0 Å². The number of anilines is 1. The van der Waals surface area contributed by atoms with E-state index in [1.54, 1.807) is 6.92 Å². The topological polar surface area (TPSA) is 98.4 Å². The Kier molecular flexibility index (Phi) is 3.68. The number of primary amides is 1. The summed E-state index contributed by atoms with van der Waals surface area (Å²) in [6, 6.07) is -0.337. The van der Waals surface area contributed by atoms with Gasteiger partial charge in [0.2, 0.25) is 0 Å². The monoisotopic (exact) mass is 212 g/mol. The lowest BCUT2D eigenvalue weighted by atomic mass is 10.4. The molecule has 2 amide bonds. The van der Waals surface area contributed by atoms with Crippen molar-refractivity contribution in [1.29, 1.82) is 0 Å². The highest BCUT2D eigenvalue weighted by Crippen LogP contribution is 2.17. The van der Waals surface area contributed by atoms with Crippen molar-refractivity contribution < 1.29 is 9.21 Å². The molecule has 0 atom stereocenters. The van der Waals surface area contributed by atoms with E-state index in [2.05, 4.69) is 4.98 Å². The van der Waals surface area contributed by atoms with Crippen molar-refractivity contribution in [1.82, 2.24) is 4.98 Å². The van der Waals surface area contributed by atoms with Gasteiger partial charge in [-0.3, -0.25) is 0 Å². The summed E-state index contributed by atoms with van der Waals surface area (Å²) in [5, 5.41) is 0. The summed E-state index contributed by atoms with van der Waals surface area (Å²) in [6.45, 7) is 4.51. The third-order valence-electron chi connectivity index (χ3n) is 2.10. The highest BCUT2D eigenvalue weighted by molar-refractivity contribution is 5.88. The number of nitrogens with two attached hydrogens (primary N) is 2. The minimum Gasteiger partial charge on any atom is -0.428 e. The molecule has 6 heteroatoms. The lowest BCUT2D eigenvalue weighted by Gasteiger charge is -2.14. The first-order valence-electron chi connectivity index (χ1n) is 4.77. The summed E-state index contributed by atoms with van der Waals surface area (Å²) in [4.78, 5) is 16.5. The number of amides is 2. The van der Waals surface area contributed by atoms with E-state index in [4.69, 9.17) is 15.9 Å². The van der Waals surface area contributed by atoms with Crippen LogP contribution >= 0.6 is 0 Å². The van der Waals surface area contributed by atoms with Crippen LogP contribution in [-0.2, 0) is 0 Å². The molecule has 1 heterocycles. The third kappa shape index (κ3) is 2.69. The van der Waals surface area contributed by atoms with Crippen molar-refractivity contribution >= 4 is 12.0 Å². The van der Waals surface area contributed by atoms with Crippen LogP contribution in [0, 0.1) is 13.8 Å². The van der Waals surface area contributed by atoms with E-state index in [0.29, 0.717) is 25.3 Å². The number of hydrogen-bond acceptors (Lipinski definition) is 4. The molecule has 0 aliphatic carbocycles. The molecular formula is C9H16N4O2. The van der Waals surface area contributed by atoms with Crippen LogP contribution in [0.25, 0.3) is 0 Å². The first-order valence-corrected chi connectivity index (χ1v) is 4.77. The van der Waals surface area contributed by atoms with Crippen molar-refractivity contribution in [3.8, 4) is 0 Å². The average Bonchev–Trinajstić information content (AvgIpc) is 2.47. The Morgan fingerprint density at radius 1 is 1.53 bits per heavy atom. The zero-order valence-electron chi connectivity index (χ0n) is 8.99. The largest absolute Gasteiger partial charge is 0.428 e. The van der Waals surface area contributed by atoms with Gasteiger partial charge in [0.05, 0.1) is 5.69 Å². The first-order chi connectivity index (χ1) is 7.06. The van der Waals surface area contributed by atoms with Gasteiger partial charge in [0.25, 0.3) is 0 Å². The molecule has 0 saturated heterocycles. The van der Waals surface area contributed by atoms with Gasteiger partial charge in [-0.25, -0.2) is 9.69 Å². The molecule has 84 valence electrons. The quantitative estimate of drug-likeness (QED) is 0.760. The predicted octanol–water partition coefficient (Wildman–Crippen LogP) is 0.525. The number of nitrogens with zero attached hydrogens (tertiary/aromatic N) is 2. The van der Waals surface area contributed by atoms with E-state index in [0.717, 1.165) is 5.69 Å². The lowest BCUT2D eigenvalue weighted by Crippen LogP contribution is -2.37. The molecular weight excluding hydrogens is 196 g/mol. The van der Waals surface area contributed by atoms with Crippen LogP contribution in [0.2, 0.25) is 0 Å². The molecule has 1 rings (SSSR count). The van der Waals surface area contributed by atoms with E-state index < -0.39 is 6.03 Å². The number of aromatic nitrogens is 1. The minimum atomic E-state index is -0.579. The summed E-state index contributed by atoms with van der Waals surface area (Å²) < 4.78 is 5.31. The Labute approximate surface area is 88.2 Å². The standard InChI is InChI=1S/C9H16N4O2/c1-6-7(2)15-9(12-6)13(8(11)14)5-3-4-10/h3-5,10H2,1-2H3,(H2,11,14). The van der Waals surface area contributed by atoms with Crippen LogP contribution in [-0.4, -0.2) is 24.1 Å². The maximum absolute atomic E-state index is 11.1. The molecule has 0 radical (unpaired) electrons. The zero-order chi connectivity index (χ0) is 11.4. The fraction of sp³-hybridized carbons (Fsp3) is 0.556. The summed E-state index contributed by atoms with van der Waals surface area (Å²) in [7, 11) is 0. The van der Waals surface area contributed by atoms with Crippen LogP contribution in [0.3, 0.4) is 0 Å². The summed E-state index contributed by atoms with van der Waals surface area (Å²) >= 11 is 0. The Morgan fingerprint density at radius 2 is 2.20 bits per heavy atom. The second-order valence-electron chi connectivity index (χ2n) is 3.27. The number of rotatable bonds is 4. The fourth-order valence-corrected chi connectivity index (χ4v) is 1.12. The number of oxazole rings is 1. The fourth-order valence-electron chi connectivity index (χ4n) is 1.12. The summed E-state index contributed by atoms with van der Waals surface area (Å²) in [6.07, 6.45) is 0.656. The van der Waals surface area contributed by atoms with Gasteiger partial charge in [0.1, 0.15) is 5.76 Å². The molecule has 4 N–H and O–H groups in total. The SMILES string of the molecule is Cc1nc(N(CCCN)C(N)=O)oc1C. The molecule has 0 fully saturated rings. The van der Waals surface area contributed by atoms with E-state index in [1.165, 1.54) is 4.90 Å². The van der Waals surface area contributed by atoms with Crippen molar-refractivity contribution in [3.05, 3.63) is 11.5 Å². The van der Waals surface area contributed by atoms with E-state index in [1.807, 2.05) is 6.92 Å². The Morgan fingerprint density at radius 3 is 2.60 bits per heavy atom. The predicted molar refractivity (Wildman–Crippen MR) is 56.6 cm³/mol. The van der Waals surface area contributed by atoms with E-state index in [-0.39, 0.29) is 6.01 Å². The molecule has 0 aliphatic rings. The molecule has 15 heavy (non-hydrogen) atoms. The molecule has 0 saturated carbocycles. The summed E-state index contributed by atoms with van der Waals surface area (Å²) in [5.41, 5.74) is 11.3. The molecule has 0 aromatic carbocycles. The number of urea groups is 1. The van der Waals surface area contributed by atoms with Gasteiger partial charge < -0.3 is 15.9 Å². The van der Waals surface area contributed by atoms with Gasteiger partial charge in [0, 0.05) is 6.54 Å². The van der Waals surface area contributed by atoms with Crippen LogP contribution < -0.4 is 16.4 Å². The molecule has 1 aromatic rings. The van der Waals surface area contributed by atoms with Gasteiger partial charge in [-0.05, 0) is 26.8 Å². The molecule has 6 nitrogen and oxygen atoms in total. The number of carbonyl (C=O) groups is 1. The van der Waals surface area contributed by atoms with Gasteiger partial charge in [-0.15, -0.1) is 0 Å². The van der Waals surface area contributed by atoms with Gasteiger partial charge in [0.15, 0.2) is 0 Å². The maximum Gasteiger partial charge on any atom is 0.322 e. The van der Waals surface area contributed by atoms with Crippen molar-refractivity contribution in [2.75, 3.05) is 18.0 Å². The molecule has 0 unspecified atom stereocenters. The van der Waals surface area contributed by atoms with Crippen molar-refractivity contribution in [2.45, 2.75) is 20.3 Å². The van der Waals surface area contributed by atoms with E-state index in [9.17, 15) is 4.79 Å². The zero-order valence-corrected chi connectivity index (χ0v) is 8.99. The molecule has 0 aliphatic heterocycles. The van der Waals surface area contributed by atoms with Gasteiger partial charge >= 0.3 is 12.0 Å². The number of aryl methyl sites for hydroxylation is 2. The van der Waals surface area contributed by atoms with Crippen LogP contribution in [0.4, 0.5) is 10.8 Å². The molecule has 0 bridgehead atoms. The Bertz CT molecular complexity index is 328. The van der Waals surface area contributed by atoms with Gasteiger partial charge in [-0.2, -0.15) is 4.98 Å². The smallest absolute Gasteiger partial charge is 0.322 e. The Balaban J connectivity index is 2.84. The minimum absolute atomic E-state index is 0.242. The Hall–Kier alpha value is -1.56. The summed E-state index contributed by atoms with van der Waals surface area (Å²) in [5.74, 6) is 0.684. The number of hydrogen-bond donors (Lipinski definition) is 2. The normalized spacial score (nSPS) is 10.3. The second-order valence-corrected chi connectivity index (χ2v) is 3.27. The van der Waals surface area contributed by atoms with Gasteiger partial charge in [-0.1, -0.05) is 0 Å². The van der Waals surface area contributed by atoms with Crippen LogP contribution in [0.5, 0.6) is 0 Å². The maximum atomic E-state index is 11.1. The highest BCUT2D eigenvalue weighted by Gasteiger charge is 2.18. The average molecular weight is 212 g/mol. The van der Waals surface area contributed by atoms with Crippen LogP contribution in [0.1, 0.15) is 17.9 Å². The highest BCUT2D eigenvalue weighted by atomic mass is 16.4. The van der Waals surface area contributed by atoms with Crippen LogP contribution in [0.15, 0.2) is 4.42 Å².